The monoisotopic (exact) mass is 252 g/mol. The molecule has 5 heteroatoms. The molecule has 0 aliphatic rings. The van der Waals surface area contributed by atoms with E-state index in [-0.39, 0.29) is 0 Å². The van der Waals surface area contributed by atoms with Gasteiger partial charge in [0.25, 0.3) is 0 Å². The Hall–Kier alpha value is -1.17. The number of fused-ring (bicyclic) bond motifs is 1. The maximum atomic E-state index is 9.31. The summed E-state index contributed by atoms with van der Waals surface area (Å²) in [5, 5.41) is 12.7. The zero-order chi connectivity index (χ0) is 12.4. The molecule has 1 aromatic heterocycles. The lowest BCUT2D eigenvalue weighted by Crippen LogP contribution is -2.19. The summed E-state index contributed by atoms with van der Waals surface area (Å²) in [4.78, 5) is 4.37. The number of thiazole rings is 1. The number of hydrogen-bond donors (Lipinski definition) is 2. The molecule has 1 aromatic carbocycles. The number of nitrogens with one attached hydrogen (secondary N) is 1. The van der Waals surface area contributed by atoms with Gasteiger partial charge in [-0.2, -0.15) is 0 Å². The topological polar surface area (TPSA) is 54.4 Å². The summed E-state index contributed by atoms with van der Waals surface area (Å²) in [6, 6.07) is 6.23. The number of anilines is 1. The molecule has 0 aliphatic heterocycles. The summed E-state index contributed by atoms with van der Waals surface area (Å²) in [7, 11) is 1.43. The smallest absolute Gasteiger partial charge is 0.236 e. The first-order chi connectivity index (χ1) is 8.10. The van der Waals surface area contributed by atoms with Crippen LogP contribution in [0, 0.1) is 0 Å². The SMILES string of the molecule is COC(O)Nc1nc2ccc(C(C)C)cc2s1. The van der Waals surface area contributed by atoms with Gasteiger partial charge in [0.1, 0.15) is 0 Å². The van der Waals surface area contributed by atoms with Gasteiger partial charge in [0.2, 0.25) is 6.41 Å². The van der Waals surface area contributed by atoms with Gasteiger partial charge in [-0.1, -0.05) is 31.3 Å². The minimum absolute atomic E-state index is 0.502. The van der Waals surface area contributed by atoms with E-state index in [0.717, 1.165) is 10.2 Å². The van der Waals surface area contributed by atoms with Crippen molar-refractivity contribution in [1.29, 1.82) is 0 Å². The summed E-state index contributed by atoms with van der Waals surface area (Å²) < 4.78 is 5.84. The summed E-state index contributed by atoms with van der Waals surface area (Å²) in [5.41, 5.74) is 2.23. The first-order valence-corrected chi connectivity index (χ1v) is 6.29. The van der Waals surface area contributed by atoms with Crippen molar-refractivity contribution >= 4 is 26.7 Å². The van der Waals surface area contributed by atoms with Crippen LogP contribution >= 0.6 is 11.3 Å². The van der Waals surface area contributed by atoms with E-state index in [1.54, 1.807) is 0 Å². The molecular weight excluding hydrogens is 236 g/mol. The molecule has 1 unspecified atom stereocenters. The molecule has 0 spiro atoms. The second kappa shape index (κ2) is 5.00. The lowest BCUT2D eigenvalue weighted by molar-refractivity contribution is -0.0509. The molecule has 1 heterocycles. The molecule has 1 atom stereocenters. The normalized spacial score (nSPS) is 13.2. The highest BCUT2D eigenvalue weighted by Crippen LogP contribution is 2.29. The highest BCUT2D eigenvalue weighted by Gasteiger charge is 2.08. The van der Waals surface area contributed by atoms with E-state index in [4.69, 9.17) is 4.74 Å². The number of ether oxygens (including phenoxy) is 1. The van der Waals surface area contributed by atoms with Crippen molar-refractivity contribution in [2.45, 2.75) is 26.2 Å². The van der Waals surface area contributed by atoms with Gasteiger partial charge in [-0.15, -0.1) is 0 Å². The number of benzene rings is 1. The molecular formula is C12H16N2O2S. The largest absolute Gasteiger partial charge is 0.351 e. The van der Waals surface area contributed by atoms with Crippen LogP contribution in [-0.4, -0.2) is 23.6 Å². The summed E-state index contributed by atoms with van der Waals surface area (Å²) in [6.07, 6.45) is -1.01. The predicted octanol–water partition coefficient (Wildman–Crippen LogP) is 2.75. The van der Waals surface area contributed by atoms with E-state index in [1.165, 1.54) is 24.0 Å². The molecule has 4 nitrogen and oxygen atoms in total. The molecule has 0 aliphatic carbocycles. The van der Waals surface area contributed by atoms with Crippen LogP contribution in [-0.2, 0) is 4.74 Å². The van der Waals surface area contributed by atoms with E-state index < -0.39 is 6.41 Å². The van der Waals surface area contributed by atoms with Crippen molar-refractivity contribution in [1.82, 2.24) is 4.98 Å². The van der Waals surface area contributed by atoms with Gasteiger partial charge < -0.3 is 15.2 Å². The lowest BCUT2D eigenvalue weighted by atomic mass is 10.0. The van der Waals surface area contributed by atoms with Crippen LogP contribution in [0.4, 0.5) is 5.13 Å². The molecule has 0 bridgehead atoms. The molecule has 0 radical (unpaired) electrons. The number of aliphatic hydroxyl groups is 1. The fourth-order valence-corrected chi connectivity index (χ4v) is 2.45. The van der Waals surface area contributed by atoms with Crippen molar-refractivity contribution in [3.8, 4) is 0 Å². The Labute approximate surface area is 104 Å². The maximum absolute atomic E-state index is 9.31. The first kappa shape index (κ1) is 12.3. The Kier molecular flexibility index (Phi) is 3.61. The van der Waals surface area contributed by atoms with Crippen LogP contribution in [0.2, 0.25) is 0 Å². The van der Waals surface area contributed by atoms with Crippen molar-refractivity contribution < 1.29 is 9.84 Å². The van der Waals surface area contributed by atoms with Crippen molar-refractivity contribution in [3.05, 3.63) is 23.8 Å². The number of rotatable bonds is 4. The van der Waals surface area contributed by atoms with Gasteiger partial charge >= 0.3 is 0 Å². The number of aromatic nitrogens is 1. The second-order valence-electron chi connectivity index (χ2n) is 4.13. The highest BCUT2D eigenvalue weighted by molar-refractivity contribution is 7.22. The van der Waals surface area contributed by atoms with Gasteiger partial charge in [0.15, 0.2) is 5.13 Å². The second-order valence-corrected chi connectivity index (χ2v) is 5.16. The van der Waals surface area contributed by atoms with E-state index in [9.17, 15) is 5.11 Å². The van der Waals surface area contributed by atoms with Crippen molar-refractivity contribution in [3.63, 3.8) is 0 Å². The molecule has 0 saturated carbocycles. The van der Waals surface area contributed by atoms with Crippen LogP contribution in [0.3, 0.4) is 0 Å². The molecule has 92 valence electrons. The molecule has 0 fully saturated rings. The van der Waals surface area contributed by atoms with Crippen LogP contribution in [0.15, 0.2) is 18.2 Å². The van der Waals surface area contributed by atoms with Gasteiger partial charge in [-0.3, -0.25) is 0 Å². The molecule has 2 N–H and O–H groups in total. The maximum Gasteiger partial charge on any atom is 0.236 e. The standard InChI is InChI=1S/C12H16N2O2S/c1-7(2)8-4-5-9-10(6-8)17-11(13-9)14-12(15)16-3/h4-7,12,15H,1-3H3,(H,13,14). The average Bonchev–Trinajstić information content (AvgIpc) is 2.69. The number of nitrogens with zero attached hydrogens (tertiary/aromatic N) is 1. The Morgan fingerprint density at radius 1 is 1.41 bits per heavy atom. The molecule has 2 rings (SSSR count). The third-order valence-electron chi connectivity index (χ3n) is 2.55. The number of hydrogen-bond acceptors (Lipinski definition) is 5. The lowest BCUT2D eigenvalue weighted by Gasteiger charge is -2.07. The summed E-state index contributed by atoms with van der Waals surface area (Å²) in [5.74, 6) is 0.502. The van der Waals surface area contributed by atoms with Crippen LogP contribution < -0.4 is 5.32 Å². The molecule has 17 heavy (non-hydrogen) atoms. The Morgan fingerprint density at radius 2 is 2.18 bits per heavy atom. The third kappa shape index (κ3) is 2.74. The van der Waals surface area contributed by atoms with Gasteiger partial charge in [0, 0.05) is 7.11 Å². The van der Waals surface area contributed by atoms with E-state index in [2.05, 4.69) is 36.3 Å². The Balaban J connectivity index is 2.30. The van der Waals surface area contributed by atoms with Crippen LogP contribution in [0.1, 0.15) is 25.3 Å². The van der Waals surface area contributed by atoms with Gasteiger partial charge in [0.05, 0.1) is 10.2 Å². The Bertz CT molecular complexity index is 510. The van der Waals surface area contributed by atoms with Crippen LogP contribution in [0.5, 0.6) is 0 Å². The summed E-state index contributed by atoms with van der Waals surface area (Å²) >= 11 is 1.51. The molecule has 0 amide bonds. The summed E-state index contributed by atoms with van der Waals surface area (Å²) in [6.45, 7) is 4.33. The minimum atomic E-state index is -1.01. The van der Waals surface area contributed by atoms with Crippen LogP contribution in [0.25, 0.3) is 10.2 Å². The fourth-order valence-electron chi connectivity index (χ4n) is 1.53. The molecule has 2 aromatic rings. The highest BCUT2D eigenvalue weighted by atomic mass is 32.1. The fraction of sp³-hybridized carbons (Fsp3) is 0.417. The van der Waals surface area contributed by atoms with E-state index >= 15 is 0 Å². The zero-order valence-corrected chi connectivity index (χ0v) is 10.9. The average molecular weight is 252 g/mol. The van der Waals surface area contributed by atoms with Crippen molar-refractivity contribution in [2.24, 2.45) is 0 Å². The minimum Gasteiger partial charge on any atom is -0.351 e. The number of aliphatic hydroxyl groups excluding tert-OH is 1. The predicted molar refractivity (Wildman–Crippen MR) is 70.3 cm³/mol. The van der Waals surface area contributed by atoms with E-state index in [1.807, 2.05) is 6.07 Å². The third-order valence-corrected chi connectivity index (χ3v) is 3.50. The van der Waals surface area contributed by atoms with Gasteiger partial charge in [-0.05, 0) is 23.6 Å². The molecule has 0 saturated heterocycles. The quantitative estimate of drug-likeness (QED) is 0.822. The Morgan fingerprint density at radius 3 is 2.82 bits per heavy atom. The van der Waals surface area contributed by atoms with Gasteiger partial charge in [-0.25, -0.2) is 4.98 Å². The first-order valence-electron chi connectivity index (χ1n) is 5.48. The van der Waals surface area contributed by atoms with Crippen molar-refractivity contribution in [2.75, 3.05) is 12.4 Å². The number of methoxy groups -OCH3 is 1. The zero-order valence-electron chi connectivity index (χ0n) is 10.1. The van der Waals surface area contributed by atoms with E-state index in [0.29, 0.717) is 11.0 Å².